The van der Waals surface area contributed by atoms with Crippen LogP contribution in [0.2, 0.25) is 0 Å². The van der Waals surface area contributed by atoms with Crippen LogP contribution in [0.15, 0.2) is 55.0 Å². The topological polar surface area (TPSA) is 118 Å². The van der Waals surface area contributed by atoms with Crippen molar-refractivity contribution in [2.45, 2.75) is 18.9 Å². The highest BCUT2D eigenvalue weighted by Gasteiger charge is 2.25. The SMILES string of the molecule is COc1cccc(F)c1-c1nc(C(=O)Nc2cc(F)ccc2N2CCC(NS(C)(=O)=O)CC2)cn2ccnc12. The number of carbonyl (C=O) groups excluding carboxylic acids is 1. The molecule has 2 aromatic heterocycles. The van der Waals surface area contributed by atoms with Crippen molar-refractivity contribution in [3.8, 4) is 17.0 Å². The zero-order chi connectivity index (χ0) is 27.7. The number of methoxy groups -OCH3 is 1. The number of carbonyl (C=O) groups is 1. The summed E-state index contributed by atoms with van der Waals surface area (Å²) in [5.41, 5.74) is 1.26. The molecule has 0 aliphatic carbocycles. The number of hydrogen-bond acceptors (Lipinski definition) is 7. The Bertz CT molecular complexity index is 1650. The number of sulfonamides is 1. The lowest BCUT2D eigenvalue weighted by Crippen LogP contribution is -2.44. The van der Waals surface area contributed by atoms with Crippen LogP contribution in [0.1, 0.15) is 23.3 Å². The minimum absolute atomic E-state index is 0.0490. The first-order valence-electron chi connectivity index (χ1n) is 12.1. The van der Waals surface area contributed by atoms with Gasteiger partial charge in [-0.15, -0.1) is 0 Å². The minimum Gasteiger partial charge on any atom is -0.496 e. The van der Waals surface area contributed by atoms with Gasteiger partial charge in [-0.1, -0.05) is 6.07 Å². The fourth-order valence-electron chi connectivity index (χ4n) is 4.72. The lowest BCUT2D eigenvalue weighted by Gasteiger charge is -2.34. The molecule has 39 heavy (non-hydrogen) atoms. The molecule has 10 nitrogen and oxygen atoms in total. The smallest absolute Gasteiger partial charge is 0.275 e. The summed E-state index contributed by atoms with van der Waals surface area (Å²) in [6.45, 7) is 0.996. The van der Waals surface area contributed by atoms with E-state index in [4.69, 9.17) is 4.74 Å². The monoisotopic (exact) mass is 556 g/mol. The molecule has 0 atom stereocenters. The lowest BCUT2D eigenvalue weighted by molar-refractivity contribution is 0.102. The average molecular weight is 557 g/mol. The van der Waals surface area contributed by atoms with Crippen molar-refractivity contribution in [3.05, 3.63) is 72.3 Å². The van der Waals surface area contributed by atoms with E-state index in [2.05, 4.69) is 20.0 Å². The molecule has 204 valence electrons. The number of hydrogen-bond donors (Lipinski definition) is 2. The molecule has 0 bridgehead atoms. The van der Waals surface area contributed by atoms with Crippen molar-refractivity contribution in [2.75, 3.05) is 36.7 Å². The number of nitrogens with zero attached hydrogens (tertiary/aromatic N) is 4. The number of halogens is 2. The van der Waals surface area contributed by atoms with Gasteiger partial charge in [0.1, 0.15) is 28.8 Å². The van der Waals surface area contributed by atoms with Gasteiger partial charge in [-0.3, -0.25) is 4.79 Å². The number of anilines is 2. The standard InChI is InChI=1S/C26H26F2N6O4S/c1-38-22-5-3-4-18(28)23(22)24-25-29-10-13-34(25)15-20(30-24)26(35)31-19-14-16(27)6-7-21(19)33-11-8-17(9-12-33)32-39(2,36)37/h3-7,10,13-15,17,32H,8-9,11-12H2,1-2H3,(H,31,35). The second-order valence-electron chi connectivity index (χ2n) is 9.22. The van der Waals surface area contributed by atoms with Crippen LogP contribution in [0.4, 0.5) is 20.2 Å². The van der Waals surface area contributed by atoms with Crippen molar-refractivity contribution in [3.63, 3.8) is 0 Å². The van der Waals surface area contributed by atoms with E-state index in [0.29, 0.717) is 37.3 Å². The zero-order valence-electron chi connectivity index (χ0n) is 21.2. The molecule has 1 saturated heterocycles. The van der Waals surface area contributed by atoms with Gasteiger partial charge in [0.2, 0.25) is 10.0 Å². The Labute approximate surface area is 223 Å². The highest BCUT2D eigenvalue weighted by atomic mass is 32.2. The molecule has 3 heterocycles. The van der Waals surface area contributed by atoms with Crippen LogP contribution in [-0.2, 0) is 10.0 Å². The molecule has 0 radical (unpaired) electrons. The van der Waals surface area contributed by atoms with Crippen LogP contribution in [0, 0.1) is 11.6 Å². The van der Waals surface area contributed by atoms with Gasteiger partial charge in [0.15, 0.2) is 5.65 Å². The van der Waals surface area contributed by atoms with Crippen LogP contribution in [0.25, 0.3) is 16.9 Å². The Kier molecular flexibility index (Phi) is 7.19. The summed E-state index contributed by atoms with van der Waals surface area (Å²) in [5.74, 6) is -1.54. The zero-order valence-corrected chi connectivity index (χ0v) is 22.0. The van der Waals surface area contributed by atoms with Crippen LogP contribution in [0.5, 0.6) is 5.75 Å². The molecule has 1 fully saturated rings. The Morgan fingerprint density at radius 2 is 1.92 bits per heavy atom. The van der Waals surface area contributed by atoms with Crippen molar-refractivity contribution in [1.29, 1.82) is 0 Å². The van der Waals surface area contributed by atoms with E-state index in [1.807, 2.05) is 4.90 Å². The largest absolute Gasteiger partial charge is 0.496 e. The number of fused-ring (bicyclic) bond motifs is 1. The summed E-state index contributed by atoms with van der Waals surface area (Å²) < 4.78 is 61.8. The summed E-state index contributed by atoms with van der Waals surface area (Å²) in [7, 11) is -1.92. The van der Waals surface area contributed by atoms with Crippen LogP contribution in [0.3, 0.4) is 0 Å². The molecular weight excluding hydrogens is 530 g/mol. The lowest BCUT2D eigenvalue weighted by atomic mass is 10.0. The molecule has 1 aliphatic rings. The van der Waals surface area contributed by atoms with E-state index in [1.54, 1.807) is 22.7 Å². The molecule has 13 heteroatoms. The third kappa shape index (κ3) is 5.68. The molecule has 0 unspecified atom stereocenters. The predicted octanol–water partition coefficient (Wildman–Crippen LogP) is 3.45. The normalized spacial score (nSPS) is 14.5. The Balaban J connectivity index is 1.45. The minimum atomic E-state index is -3.33. The maximum atomic E-state index is 14.9. The maximum absolute atomic E-state index is 14.9. The summed E-state index contributed by atoms with van der Waals surface area (Å²) in [4.78, 5) is 24.1. The highest BCUT2D eigenvalue weighted by molar-refractivity contribution is 7.88. The number of imidazole rings is 1. The van der Waals surface area contributed by atoms with Gasteiger partial charge in [-0.2, -0.15) is 0 Å². The van der Waals surface area contributed by atoms with E-state index >= 15 is 0 Å². The van der Waals surface area contributed by atoms with Crippen LogP contribution in [-0.4, -0.2) is 61.2 Å². The quantitative estimate of drug-likeness (QED) is 0.358. The van der Waals surface area contributed by atoms with Crippen LogP contribution < -0.4 is 19.7 Å². The number of amides is 1. The average Bonchev–Trinajstić information content (AvgIpc) is 3.37. The first-order valence-corrected chi connectivity index (χ1v) is 14.0. The fraction of sp³-hybridized carbons (Fsp3) is 0.269. The predicted molar refractivity (Wildman–Crippen MR) is 143 cm³/mol. The molecule has 1 amide bonds. The Hall–Kier alpha value is -4.10. The molecule has 4 aromatic rings. The van der Waals surface area contributed by atoms with E-state index in [0.717, 1.165) is 6.26 Å². The molecule has 2 aromatic carbocycles. The molecule has 2 N–H and O–H groups in total. The summed E-state index contributed by atoms with van der Waals surface area (Å²) in [5, 5.41) is 2.74. The number of piperidine rings is 1. The summed E-state index contributed by atoms with van der Waals surface area (Å²) >= 11 is 0. The fourth-order valence-corrected chi connectivity index (χ4v) is 5.57. The van der Waals surface area contributed by atoms with Gasteiger partial charge >= 0.3 is 0 Å². The molecule has 1 aliphatic heterocycles. The highest BCUT2D eigenvalue weighted by Crippen LogP contribution is 2.34. The third-order valence-electron chi connectivity index (χ3n) is 6.46. The van der Waals surface area contributed by atoms with E-state index in [9.17, 15) is 22.0 Å². The second kappa shape index (κ2) is 10.6. The van der Waals surface area contributed by atoms with Crippen molar-refractivity contribution in [1.82, 2.24) is 19.1 Å². The van der Waals surface area contributed by atoms with E-state index < -0.39 is 27.6 Å². The first-order chi connectivity index (χ1) is 18.6. The van der Waals surface area contributed by atoms with Gasteiger partial charge in [-0.05, 0) is 43.2 Å². The Morgan fingerprint density at radius 1 is 1.15 bits per heavy atom. The van der Waals surface area contributed by atoms with Crippen molar-refractivity contribution >= 4 is 33.0 Å². The summed E-state index contributed by atoms with van der Waals surface area (Å²) in [6.07, 6.45) is 6.77. The number of nitrogens with one attached hydrogen (secondary N) is 2. The number of ether oxygens (including phenoxy) is 1. The first kappa shape index (κ1) is 26.5. The molecule has 5 rings (SSSR count). The van der Waals surface area contributed by atoms with Gasteiger partial charge in [-0.25, -0.2) is 31.9 Å². The Morgan fingerprint density at radius 3 is 2.64 bits per heavy atom. The third-order valence-corrected chi connectivity index (χ3v) is 7.22. The molecule has 0 saturated carbocycles. The van der Waals surface area contributed by atoms with Gasteiger partial charge in [0.05, 0.1) is 30.3 Å². The number of benzene rings is 2. The number of aromatic nitrogens is 3. The van der Waals surface area contributed by atoms with E-state index in [1.165, 1.54) is 43.8 Å². The van der Waals surface area contributed by atoms with Crippen LogP contribution >= 0.6 is 0 Å². The van der Waals surface area contributed by atoms with E-state index in [-0.39, 0.29) is 34.4 Å². The van der Waals surface area contributed by atoms with Crippen molar-refractivity contribution < 1.29 is 26.7 Å². The molecule has 0 spiro atoms. The van der Waals surface area contributed by atoms with Gasteiger partial charge in [0, 0.05) is 37.7 Å². The molecular formula is C26H26F2N6O4S. The van der Waals surface area contributed by atoms with Gasteiger partial charge < -0.3 is 19.4 Å². The van der Waals surface area contributed by atoms with Gasteiger partial charge in [0.25, 0.3) is 5.91 Å². The second-order valence-corrected chi connectivity index (χ2v) is 11.0. The van der Waals surface area contributed by atoms with Crippen molar-refractivity contribution in [2.24, 2.45) is 0 Å². The number of rotatable bonds is 7. The summed E-state index contributed by atoms with van der Waals surface area (Å²) in [6, 6.07) is 8.23. The maximum Gasteiger partial charge on any atom is 0.275 e.